The second-order valence-electron chi connectivity index (χ2n) is 6.14. The van der Waals surface area contributed by atoms with Crippen LogP contribution in [0.15, 0.2) is 53.7 Å². The van der Waals surface area contributed by atoms with Gasteiger partial charge in [-0.15, -0.1) is 0 Å². The molecule has 1 aromatic heterocycles. The van der Waals surface area contributed by atoms with Gasteiger partial charge in [0.05, 0.1) is 14.2 Å². The van der Waals surface area contributed by atoms with Crippen LogP contribution in [0.4, 0.5) is 0 Å². The summed E-state index contributed by atoms with van der Waals surface area (Å²) in [6.45, 7) is 1.40. The van der Waals surface area contributed by atoms with Crippen molar-refractivity contribution in [1.82, 2.24) is 15.6 Å². The smallest absolute Gasteiger partial charge is 0.191 e. The van der Waals surface area contributed by atoms with Crippen LogP contribution in [0, 0.1) is 0 Å². The van der Waals surface area contributed by atoms with Crippen LogP contribution < -0.4 is 20.1 Å². The fraction of sp³-hybridized carbons (Fsp3) is 0.286. The van der Waals surface area contributed by atoms with Crippen LogP contribution in [0.1, 0.15) is 11.1 Å². The molecule has 3 aromatic rings. The molecule has 0 saturated heterocycles. The number of benzene rings is 2. The highest BCUT2D eigenvalue weighted by molar-refractivity contribution is 5.83. The number of fused-ring (bicyclic) bond motifs is 1. The first-order chi connectivity index (χ1) is 13.2. The second kappa shape index (κ2) is 8.98. The van der Waals surface area contributed by atoms with E-state index in [2.05, 4.69) is 45.0 Å². The molecule has 142 valence electrons. The number of nitrogens with zero attached hydrogens (tertiary/aromatic N) is 1. The summed E-state index contributed by atoms with van der Waals surface area (Å²) in [6, 6.07) is 14.1. The van der Waals surface area contributed by atoms with Gasteiger partial charge in [-0.2, -0.15) is 0 Å². The van der Waals surface area contributed by atoms with E-state index < -0.39 is 0 Å². The monoisotopic (exact) mass is 366 g/mol. The molecule has 0 bridgehead atoms. The van der Waals surface area contributed by atoms with Gasteiger partial charge in [0.1, 0.15) is 11.5 Å². The van der Waals surface area contributed by atoms with Crippen molar-refractivity contribution in [3.63, 3.8) is 0 Å². The van der Waals surface area contributed by atoms with Gasteiger partial charge in [0, 0.05) is 48.9 Å². The number of hydrogen-bond donors (Lipinski definition) is 3. The van der Waals surface area contributed by atoms with Crippen molar-refractivity contribution in [3.05, 3.63) is 59.8 Å². The maximum absolute atomic E-state index is 5.44. The van der Waals surface area contributed by atoms with Crippen molar-refractivity contribution in [2.75, 3.05) is 27.8 Å². The maximum atomic E-state index is 5.44. The summed E-state index contributed by atoms with van der Waals surface area (Å²) < 4.78 is 10.7. The molecular formula is C21H26N4O2. The van der Waals surface area contributed by atoms with E-state index in [1.54, 1.807) is 21.3 Å². The quantitative estimate of drug-likeness (QED) is 0.444. The number of aliphatic imine (C=N–C) groups is 1. The Bertz CT molecular complexity index is 917. The number of aromatic nitrogens is 1. The van der Waals surface area contributed by atoms with Crippen LogP contribution in [0.5, 0.6) is 11.5 Å². The number of nitrogens with one attached hydrogen (secondary N) is 3. The first-order valence-corrected chi connectivity index (χ1v) is 8.95. The first-order valence-electron chi connectivity index (χ1n) is 8.95. The summed E-state index contributed by atoms with van der Waals surface area (Å²) in [4.78, 5) is 7.61. The molecule has 3 rings (SSSR count). The molecule has 6 heteroatoms. The zero-order valence-electron chi connectivity index (χ0n) is 16.0. The number of para-hydroxylation sites is 1. The normalized spacial score (nSPS) is 11.4. The van der Waals surface area contributed by atoms with Crippen molar-refractivity contribution in [2.24, 2.45) is 4.99 Å². The van der Waals surface area contributed by atoms with Gasteiger partial charge in [0.25, 0.3) is 0 Å². The molecule has 0 amide bonds. The van der Waals surface area contributed by atoms with Gasteiger partial charge in [0.15, 0.2) is 5.96 Å². The van der Waals surface area contributed by atoms with E-state index in [1.807, 2.05) is 24.3 Å². The number of H-pyrrole nitrogens is 1. The summed E-state index contributed by atoms with van der Waals surface area (Å²) in [5.41, 5.74) is 3.50. The van der Waals surface area contributed by atoms with Crippen LogP contribution in [-0.4, -0.2) is 38.8 Å². The van der Waals surface area contributed by atoms with Crippen molar-refractivity contribution < 1.29 is 9.47 Å². The third-order valence-corrected chi connectivity index (χ3v) is 4.53. The number of hydrogen-bond acceptors (Lipinski definition) is 3. The lowest BCUT2D eigenvalue weighted by Gasteiger charge is -2.14. The highest BCUT2D eigenvalue weighted by atomic mass is 16.5. The topological polar surface area (TPSA) is 70.7 Å². The highest BCUT2D eigenvalue weighted by Crippen LogP contribution is 2.24. The lowest BCUT2D eigenvalue weighted by molar-refractivity contribution is 0.390. The van der Waals surface area contributed by atoms with Crippen LogP contribution in [-0.2, 0) is 13.0 Å². The number of methoxy groups -OCH3 is 2. The van der Waals surface area contributed by atoms with E-state index in [1.165, 1.54) is 16.5 Å². The molecule has 3 N–H and O–H groups in total. The fourth-order valence-electron chi connectivity index (χ4n) is 3.05. The minimum Gasteiger partial charge on any atom is -0.497 e. The molecule has 0 fully saturated rings. The second-order valence-corrected chi connectivity index (χ2v) is 6.14. The molecule has 1 heterocycles. The molecule has 2 aromatic carbocycles. The largest absolute Gasteiger partial charge is 0.497 e. The molecule has 0 aliphatic carbocycles. The molecule has 6 nitrogen and oxygen atoms in total. The van der Waals surface area contributed by atoms with Gasteiger partial charge in [-0.3, -0.25) is 4.99 Å². The molecule has 0 spiro atoms. The molecule has 0 aliphatic heterocycles. The minimum atomic E-state index is 0.611. The van der Waals surface area contributed by atoms with E-state index >= 15 is 0 Å². The standard InChI is InChI=1S/C21H26N4O2/c1-22-21(25-14-16-8-9-17(26-2)12-20(16)27-3)23-11-10-15-13-24-19-7-5-4-6-18(15)19/h4-9,12-13,24H,10-11,14H2,1-3H3,(H2,22,23,25). The molecule has 0 saturated carbocycles. The number of ether oxygens (including phenoxy) is 2. The van der Waals surface area contributed by atoms with Crippen LogP contribution in [0.25, 0.3) is 10.9 Å². The summed E-state index contributed by atoms with van der Waals surface area (Å²) in [7, 11) is 5.07. The highest BCUT2D eigenvalue weighted by Gasteiger charge is 2.07. The summed E-state index contributed by atoms with van der Waals surface area (Å²) in [5.74, 6) is 2.32. The molecule has 27 heavy (non-hydrogen) atoms. The lowest BCUT2D eigenvalue weighted by Crippen LogP contribution is -2.37. The van der Waals surface area contributed by atoms with Gasteiger partial charge in [-0.25, -0.2) is 0 Å². The van der Waals surface area contributed by atoms with Crippen molar-refractivity contribution >= 4 is 16.9 Å². The molecule has 0 radical (unpaired) electrons. The fourth-order valence-corrected chi connectivity index (χ4v) is 3.05. The van der Waals surface area contributed by atoms with E-state index in [4.69, 9.17) is 9.47 Å². The van der Waals surface area contributed by atoms with Gasteiger partial charge in [-0.1, -0.05) is 18.2 Å². The Morgan fingerprint density at radius 3 is 2.67 bits per heavy atom. The van der Waals surface area contributed by atoms with Crippen molar-refractivity contribution in [2.45, 2.75) is 13.0 Å². The number of rotatable bonds is 7. The molecule has 0 unspecified atom stereocenters. The zero-order valence-corrected chi connectivity index (χ0v) is 16.0. The van der Waals surface area contributed by atoms with E-state index in [9.17, 15) is 0 Å². The number of guanidine groups is 1. The zero-order chi connectivity index (χ0) is 19.1. The van der Waals surface area contributed by atoms with Gasteiger partial charge in [0.2, 0.25) is 0 Å². The number of aromatic amines is 1. The van der Waals surface area contributed by atoms with Gasteiger partial charge >= 0.3 is 0 Å². The molecule has 0 aliphatic rings. The Morgan fingerprint density at radius 1 is 1.04 bits per heavy atom. The van der Waals surface area contributed by atoms with Gasteiger partial charge in [-0.05, 0) is 30.2 Å². The van der Waals surface area contributed by atoms with Crippen LogP contribution in [0.2, 0.25) is 0 Å². The van der Waals surface area contributed by atoms with Gasteiger partial charge < -0.3 is 25.1 Å². The third kappa shape index (κ3) is 4.53. The Labute approximate surface area is 159 Å². The molecule has 0 atom stereocenters. The minimum absolute atomic E-state index is 0.611. The van der Waals surface area contributed by atoms with E-state index in [0.29, 0.717) is 6.54 Å². The Morgan fingerprint density at radius 2 is 1.89 bits per heavy atom. The summed E-state index contributed by atoms with van der Waals surface area (Å²) >= 11 is 0. The first kappa shape index (κ1) is 18.6. The van der Waals surface area contributed by atoms with Crippen LogP contribution >= 0.6 is 0 Å². The SMILES string of the molecule is CN=C(NCCc1c[nH]c2ccccc12)NCc1ccc(OC)cc1OC. The predicted molar refractivity (Wildman–Crippen MR) is 110 cm³/mol. The van der Waals surface area contributed by atoms with E-state index in [0.717, 1.165) is 36.0 Å². The van der Waals surface area contributed by atoms with E-state index in [-0.39, 0.29) is 0 Å². The van der Waals surface area contributed by atoms with Crippen LogP contribution in [0.3, 0.4) is 0 Å². The summed E-state index contributed by atoms with van der Waals surface area (Å²) in [6.07, 6.45) is 2.99. The Hall–Kier alpha value is -3.15. The molecular weight excluding hydrogens is 340 g/mol. The summed E-state index contributed by atoms with van der Waals surface area (Å²) in [5, 5.41) is 7.96. The maximum Gasteiger partial charge on any atom is 0.191 e. The van der Waals surface area contributed by atoms with Crippen molar-refractivity contribution in [3.8, 4) is 11.5 Å². The third-order valence-electron chi connectivity index (χ3n) is 4.53. The average Bonchev–Trinajstić information content (AvgIpc) is 3.13. The lowest BCUT2D eigenvalue weighted by atomic mass is 10.1. The Balaban J connectivity index is 1.54. The van der Waals surface area contributed by atoms with Crippen molar-refractivity contribution in [1.29, 1.82) is 0 Å². The Kier molecular flexibility index (Phi) is 6.20. The predicted octanol–water partition coefficient (Wildman–Crippen LogP) is 3.09. The average molecular weight is 366 g/mol.